The largest absolute Gasteiger partial charge is 0.348 e. The second-order valence-corrected chi connectivity index (χ2v) is 7.94. The van der Waals surface area contributed by atoms with Crippen molar-refractivity contribution in [3.8, 4) is 0 Å². The molecule has 2 aromatic rings. The molecule has 3 heterocycles. The van der Waals surface area contributed by atoms with E-state index in [-0.39, 0.29) is 36.7 Å². The minimum absolute atomic E-state index is 0.0546. The molecule has 3 aliphatic heterocycles. The number of fused-ring (bicyclic) bond motifs is 2. The van der Waals surface area contributed by atoms with Crippen LogP contribution in [0.25, 0.3) is 0 Å². The van der Waals surface area contributed by atoms with Crippen molar-refractivity contribution in [2.45, 2.75) is 20.1 Å². The molecule has 0 spiro atoms. The van der Waals surface area contributed by atoms with Crippen molar-refractivity contribution in [2.75, 3.05) is 52.9 Å². The van der Waals surface area contributed by atoms with Crippen LogP contribution in [0.5, 0.6) is 0 Å². The molecule has 10 heteroatoms. The molecule has 178 valence electrons. The summed E-state index contributed by atoms with van der Waals surface area (Å²) in [5, 5.41) is 2.71. The van der Waals surface area contributed by atoms with Gasteiger partial charge in [-0.1, -0.05) is 24.3 Å². The SMILES string of the molecule is CC(=O)N1CC(=O)N(CC2OCCO2)c2ccccc21.CC(=O)N1CC(=O)Nc2ccccc21. The molecule has 2 aromatic carbocycles. The zero-order chi connectivity index (χ0) is 24.2. The maximum atomic E-state index is 12.3. The zero-order valence-corrected chi connectivity index (χ0v) is 19.0. The Morgan fingerprint density at radius 3 is 2.06 bits per heavy atom. The topological polar surface area (TPSA) is 108 Å². The third kappa shape index (κ3) is 4.92. The number of para-hydroxylation sites is 4. The van der Waals surface area contributed by atoms with E-state index in [1.54, 1.807) is 11.0 Å². The molecular formula is C24H26N4O6. The van der Waals surface area contributed by atoms with Crippen LogP contribution < -0.4 is 20.0 Å². The Morgan fingerprint density at radius 2 is 1.41 bits per heavy atom. The minimum atomic E-state index is -0.393. The van der Waals surface area contributed by atoms with E-state index >= 15 is 0 Å². The van der Waals surface area contributed by atoms with Crippen LogP contribution in [-0.2, 0) is 28.7 Å². The lowest BCUT2D eigenvalue weighted by atomic mass is 10.1. The summed E-state index contributed by atoms with van der Waals surface area (Å²) in [4.78, 5) is 51.0. The number of carbonyl (C=O) groups is 4. The van der Waals surface area contributed by atoms with Crippen LogP contribution in [0.15, 0.2) is 48.5 Å². The third-order valence-corrected chi connectivity index (χ3v) is 5.61. The van der Waals surface area contributed by atoms with E-state index in [4.69, 9.17) is 9.47 Å². The normalized spacial score (nSPS) is 17.4. The van der Waals surface area contributed by atoms with Crippen molar-refractivity contribution in [2.24, 2.45) is 0 Å². The summed E-state index contributed by atoms with van der Waals surface area (Å²) in [6.07, 6.45) is -0.393. The van der Waals surface area contributed by atoms with Gasteiger partial charge >= 0.3 is 0 Å². The van der Waals surface area contributed by atoms with Gasteiger partial charge in [0.25, 0.3) is 0 Å². The lowest BCUT2D eigenvalue weighted by Crippen LogP contribution is -2.49. The van der Waals surface area contributed by atoms with E-state index in [9.17, 15) is 19.2 Å². The van der Waals surface area contributed by atoms with Gasteiger partial charge in [0.1, 0.15) is 13.1 Å². The van der Waals surface area contributed by atoms with E-state index in [1.165, 1.54) is 23.6 Å². The van der Waals surface area contributed by atoms with Crippen molar-refractivity contribution >= 4 is 46.4 Å². The number of ether oxygens (including phenoxy) is 2. The van der Waals surface area contributed by atoms with Crippen LogP contribution >= 0.6 is 0 Å². The summed E-state index contributed by atoms with van der Waals surface area (Å²) in [6.45, 7) is 4.52. The van der Waals surface area contributed by atoms with Crippen LogP contribution in [-0.4, -0.2) is 62.8 Å². The fourth-order valence-electron chi connectivity index (χ4n) is 4.02. The van der Waals surface area contributed by atoms with Gasteiger partial charge < -0.3 is 29.5 Å². The molecule has 0 saturated carbocycles. The maximum Gasteiger partial charge on any atom is 0.247 e. The van der Waals surface area contributed by atoms with Gasteiger partial charge in [-0.25, -0.2) is 0 Å². The average Bonchev–Trinajstić information content (AvgIpc) is 3.33. The van der Waals surface area contributed by atoms with Gasteiger partial charge in [-0.05, 0) is 24.3 Å². The van der Waals surface area contributed by atoms with E-state index in [1.807, 2.05) is 42.5 Å². The molecule has 10 nitrogen and oxygen atoms in total. The first-order valence-electron chi connectivity index (χ1n) is 10.9. The Kier molecular flexibility index (Phi) is 6.90. The van der Waals surface area contributed by atoms with Crippen LogP contribution in [0.4, 0.5) is 22.7 Å². The molecule has 1 saturated heterocycles. The van der Waals surface area contributed by atoms with E-state index < -0.39 is 6.29 Å². The molecule has 1 N–H and O–H groups in total. The summed E-state index contributed by atoms with van der Waals surface area (Å²) in [6, 6.07) is 14.6. The van der Waals surface area contributed by atoms with Crippen LogP contribution in [0.1, 0.15) is 13.8 Å². The lowest BCUT2D eigenvalue weighted by molar-refractivity contribution is -0.122. The Morgan fingerprint density at radius 1 is 0.853 bits per heavy atom. The highest BCUT2D eigenvalue weighted by atomic mass is 16.7. The number of nitrogens with zero attached hydrogens (tertiary/aromatic N) is 3. The predicted octanol–water partition coefficient (Wildman–Crippen LogP) is 1.75. The van der Waals surface area contributed by atoms with Gasteiger partial charge in [0.05, 0.1) is 42.5 Å². The van der Waals surface area contributed by atoms with E-state index in [0.29, 0.717) is 25.4 Å². The molecule has 5 rings (SSSR count). The number of carbonyl (C=O) groups excluding carboxylic acids is 4. The van der Waals surface area contributed by atoms with Crippen LogP contribution in [0.3, 0.4) is 0 Å². The fraction of sp³-hybridized carbons (Fsp3) is 0.333. The van der Waals surface area contributed by atoms with Gasteiger partial charge in [0.15, 0.2) is 6.29 Å². The smallest absolute Gasteiger partial charge is 0.247 e. The summed E-state index contributed by atoms with van der Waals surface area (Å²) >= 11 is 0. The van der Waals surface area contributed by atoms with Crippen LogP contribution in [0, 0.1) is 0 Å². The van der Waals surface area contributed by atoms with Gasteiger partial charge in [0, 0.05) is 13.8 Å². The number of rotatable bonds is 2. The zero-order valence-electron chi connectivity index (χ0n) is 19.0. The molecule has 0 bridgehead atoms. The van der Waals surface area contributed by atoms with Crippen molar-refractivity contribution < 1.29 is 28.7 Å². The highest BCUT2D eigenvalue weighted by Gasteiger charge is 2.33. The van der Waals surface area contributed by atoms with Crippen molar-refractivity contribution in [1.29, 1.82) is 0 Å². The Hall–Kier alpha value is -3.76. The number of hydrogen-bond acceptors (Lipinski definition) is 6. The standard InChI is InChI=1S/C14H16N2O4.C10H10N2O2/c1-10(17)15-8-13(18)16(9-14-19-6-7-20-14)12-5-3-2-4-11(12)15;1-7(13)12-6-10(14)11-8-4-2-3-5-9(8)12/h2-5,14H,6-9H2,1H3;2-5H,6H2,1H3,(H,11,14). The minimum Gasteiger partial charge on any atom is -0.348 e. The number of anilines is 4. The Labute approximate surface area is 197 Å². The van der Waals surface area contributed by atoms with Crippen LogP contribution in [0.2, 0.25) is 0 Å². The molecule has 0 unspecified atom stereocenters. The molecule has 0 radical (unpaired) electrons. The number of benzene rings is 2. The first-order valence-corrected chi connectivity index (χ1v) is 10.9. The second kappa shape index (κ2) is 10.0. The molecule has 4 amide bonds. The molecule has 0 atom stereocenters. The third-order valence-electron chi connectivity index (χ3n) is 5.61. The van der Waals surface area contributed by atoms with Gasteiger partial charge in [-0.15, -0.1) is 0 Å². The quantitative estimate of drug-likeness (QED) is 0.723. The highest BCUT2D eigenvalue weighted by Crippen LogP contribution is 2.34. The molecule has 0 aromatic heterocycles. The monoisotopic (exact) mass is 466 g/mol. The fourth-order valence-corrected chi connectivity index (χ4v) is 4.02. The number of hydrogen-bond donors (Lipinski definition) is 1. The Balaban J connectivity index is 0.000000172. The average molecular weight is 466 g/mol. The second-order valence-electron chi connectivity index (χ2n) is 7.94. The molecule has 34 heavy (non-hydrogen) atoms. The molecule has 1 fully saturated rings. The molecule has 3 aliphatic rings. The maximum absolute atomic E-state index is 12.3. The van der Waals surface area contributed by atoms with Crippen molar-refractivity contribution in [3.63, 3.8) is 0 Å². The first kappa shape index (κ1) is 23.4. The predicted molar refractivity (Wildman–Crippen MR) is 126 cm³/mol. The van der Waals surface area contributed by atoms with Gasteiger partial charge in [-0.3, -0.25) is 19.2 Å². The first-order chi connectivity index (χ1) is 16.3. The summed E-state index contributed by atoms with van der Waals surface area (Å²) in [5.74, 6) is -0.539. The molecule has 0 aliphatic carbocycles. The summed E-state index contributed by atoms with van der Waals surface area (Å²) < 4.78 is 10.8. The number of amides is 4. The number of nitrogens with one attached hydrogen (secondary N) is 1. The van der Waals surface area contributed by atoms with E-state index in [0.717, 1.165) is 17.1 Å². The van der Waals surface area contributed by atoms with Crippen molar-refractivity contribution in [1.82, 2.24) is 0 Å². The molecular weight excluding hydrogens is 440 g/mol. The Bertz CT molecular complexity index is 1110. The van der Waals surface area contributed by atoms with E-state index in [2.05, 4.69) is 5.32 Å². The highest BCUT2D eigenvalue weighted by molar-refractivity contribution is 6.11. The lowest BCUT2D eigenvalue weighted by Gasteiger charge is -2.36. The van der Waals surface area contributed by atoms with Crippen molar-refractivity contribution in [3.05, 3.63) is 48.5 Å². The summed E-state index contributed by atoms with van der Waals surface area (Å²) in [7, 11) is 0. The summed E-state index contributed by atoms with van der Waals surface area (Å²) in [5.41, 5.74) is 2.93. The van der Waals surface area contributed by atoms with Gasteiger partial charge in [0.2, 0.25) is 23.6 Å². The van der Waals surface area contributed by atoms with Gasteiger partial charge in [-0.2, -0.15) is 0 Å².